The molecule has 0 N–H and O–H groups in total. The van der Waals surface area contributed by atoms with Crippen LogP contribution in [0.15, 0.2) is 30.5 Å². The molecule has 2 aromatic rings. The molecule has 0 bridgehead atoms. The molecule has 2 rings (SSSR count). The van der Waals surface area contributed by atoms with Crippen molar-refractivity contribution in [1.82, 2.24) is 4.98 Å². The maximum Gasteiger partial charge on any atom is 0.309 e. The van der Waals surface area contributed by atoms with Crippen LogP contribution in [0.2, 0.25) is 0 Å². The number of Topliss-reactive ketones (excluding diaryl/α,β-unsaturated/α-hetero) is 1. The fourth-order valence-electron chi connectivity index (χ4n) is 3.40. The molecule has 0 aliphatic carbocycles. The van der Waals surface area contributed by atoms with Crippen LogP contribution >= 0.6 is 0 Å². The third-order valence-corrected chi connectivity index (χ3v) is 5.19. The molecule has 0 aliphatic heterocycles. The van der Waals surface area contributed by atoms with Gasteiger partial charge < -0.3 is 18.9 Å². The van der Waals surface area contributed by atoms with Crippen LogP contribution in [0.25, 0.3) is 0 Å². The number of carbonyl (C=O) groups is 3. The Hall–Kier alpha value is -3.56. The first-order chi connectivity index (χ1) is 16.9. The van der Waals surface area contributed by atoms with Gasteiger partial charge in [0.1, 0.15) is 18.0 Å². The average molecular weight is 508 g/mol. The van der Waals surface area contributed by atoms with Crippen molar-refractivity contribution in [3.05, 3.63) is 47.8 Å². The SMILES string of the molecule is COc1ccnc(C(=O)C[C@@H](C)C(=O)O[C@@H](C)[C@@H](CC(C)C)Oc2cc(F)ccc2F)c1OC(C)=O. The van der Waals surface area contributed by atoms with E-state index >= 15 is 0 Å². The maximum atomic E-state index is 14.1. The number of esters is 2. The zero-order valence-corrected chi connectivity index (χ0v) is 21.2. The summed E-state index contributed by atoms with van der Waals surface area (Å²) < 4.78 is 49.1. The van der Waals surface area contributed by atoms with Crippen LogP contribution in [0.3, 0.4) is 0 Å². The standard InChI is InChI=1S/C26H31F2NO7/c1-14(2)11-22(36-23-13-18(27)7-8-19(23)28)16(4)34-26(32)15(3)12-20(31)24-25(35-17(5)30)21(33-6)9-10-29-24/h7-10,13-16,22H,11-12H2,1-6H3/t15-,16+,22-/m1/s1. The van der Waals surface area contributed by atoms with E-state index in [1.807, 2.05) is 13.8 Å². The van der Waals surface area contributed by atoms with Crippen LogP contribution in [-0.4, -0.2) is 42.0 Å². The van der Waals surface area contributed by atoms with E-state index in [1.54, 1.807) is 6.92 Å². The third-order valence-electron chi connectivity index (χ3n) is 5.19. The summed E-state index contributed by atoms with van der Waals surface area (Å²) in [7, 11) is 1.35. The summed E-state index contributed by atoms with van der Waals surface area (Å²) in [5.41, 5.74) is -0.153. The molecule has 0 radical (unpaired) electrons. The van der Waals surface area contributed by atoms with Crippen LogP contribution in [0, 0.1) is 23.5 Å². The first kappa shape index (κ1) is 28.7. The molecule has 0 amide bonds. The number of carbonyl (C=O) groups excluding carboxylic acids is 3. The van der Waals surface area contributed by atoms with Crippen LogP contribution in [0.1, 0.15) is 57.9 Å². The number of ether oxygens (including phenoxy) is 4. The van der Waals surface area contributed by atoms with Gasteiger partial charge in [0.15, 0.2) is 28.8 Å². The van der Waals surface area contributed by atoms with Gasteiger partial charge in [0.2, 0.25) is 5.75 Å². The Bertz CT molecular complexity index is 1090. The Morgan fingerprint density at radius 3 is 2.33 bits per heavy atom. The second-order valence-electron chi connectivity index (χ2n) is 8.82. The minimum atomic E-state index is -0.885. The maximum absolute atomic E-state index is 14.1. The van der Waals surface area contributed by atoms with E-state index in [9.17, 15) is 23.2 Å². The molecule has 8 nitrogen and oxygen atoms in total. The monoisotopic (exact) mass is 507 g/mol. The molecule has 1 aromatic carbocycles. The second-order valence-corrected chi connectivity index (χ2v) is 8.82. The van der Waals surface area contributed by atoms with Crippen LogP contribution in [0.4, 0.5) is 8.78 Å². The van der Waals surface area contributed by atoms with E-state index in [0.29, 0.717) is 6.42 Å². The van der Waals surface area contributed by atoms with Crippen molar-refractivity contribution in [3.8, 4) is 17.2 Å². The first-order valence-corrected chi connectivity index (χ1v) is 11.5. The molecule has 0 fully saturated rings. The van der Waals surface area contributed by atoms with Gasteiger partial charge >= 0.3 is 11.9 Å². The zero-order chi connectivity index (χ0) is 27.0. The summed E-state index contributed by atoms with van der Waals surface area (Å²) in [5, 5.41) is 0. The van der Waals surface area contributed by atoms with E-state index in [1.165, 1.54) is 33.2 Å². The highest BCUT2D eigenvalue weighted by Gasteiger charge is 2.30. The van der Waals surface area contributed by atoms with Crippen molar-refractivity contribution >= 4 is 17.7 Å². The third kappa shape index (κ3) is 8.00. The lowest BCUT2D eigenvalue weighted by molar-refractivity contribution is -0.157. The lowest BCUT2D eigenvalue weighted by atomic mass is 10.0. The Morgan fingerprint density at radius 2 is 1.72 bits per heavy atom. The van der Waals surface area contributed by atoms with Crippen molar-refractivity contribution in [1.29, 1.82) is 0 Å². The molecule has 196 valence electrons. The summed E-state index contributed by atoms with van der Waals surface area (Å²) in [5.74, 6) is -4.36. The molecule has 36 heavy (non-hydrogen) atoms. The lowest BCUT2D eigenvalue weighted by Gasteiger charge is -2.27. The van der Waals surface area contributed by atoms with Gasteiger partial charge in [-0.3, -0.25) is 14.4 Å². The Kier molecular flexibility index (Phi) is 10.3. The number of ketones is 1. The number of halogens is 2. The van der Waals surface area contributed by atoms with Crippen molar-refractivity contribution in [2.75, 3.05) is 7.11 Å². The summed E-state index contributed by atoms with van der Waals surface area (Å²) in [4.78, 5) is 41.1. The molecule has 1 aromatic heterocycles. The summed E-state index contributed by atoms with van der Waals surface area (Å²) in [6.45, 7) is 8.08. The number of nitrogens with zero attached hydrogens (tertiary/aromatic N) is 1. The molecule has 0 saturated heterocycles. The summed E-state index contributed by atoms with van der Waals surface area (Å²) in [6.07, 6.45) is -0.148. The highest BCUT2D eigenvalue weighted by molar-refractivity contribution is 5.99. The zero-order valence-electron chi connectivity index (χ0n) is 21.2. The van der Waals surface area contributed by atoms with Crippen molar-refractivity contribution in [2.45, 2.75) is 59.7 Å². The van der Waals surface area contributed by atoms with E-state index in [0.717, 1.165) is 18.2 Å². The van der Waals surface area contributed by atoms with E-state index in [2.05, 4.69) is 4.98 Å². The van der Waals surface area contributed by atoms with Gasteiger partial charge in [0.25, 0.3) is 0 Å². The average Bonchev–Trinajstić information content (AvgIpc) is 2.80. The fraction of sp³-hybridized carbons (Fsp3) is 0.462. The van der Waals surface area contributed by atoms with Crippen molar-refractivity contribution in [2.24, 2.45) is 11.8 Å². The fourth-order valence-corrected chi connectivity index (χ4v) is 3.40. The lowest BCUT2D eigenvalue weighted by Crippen LogP contribution is -2.36. The van der Waals surface area contributed by atoms with Gasteiger partial charge in [-0.15, -0.1) is 0 Å². The Labute approximate surface area is 208 Å². The summed E-state index contributed by atoms with van der Waals surface area (Å²) in [6, 6.07) is 4.30. The van der Waals surface area contributed by atoms with Gasteiger partial charge in [0.05, 0.1) is 13.0 Å². The van der Waals surface area contributed by atoms with Gasteiger partial charge in [-0.2, -0.15) is 0 Å². The minimum Gasteiger partial charge on any atom is -0.493 e. The van der Waals surface area contributed by atoms with Gasteiger partial charge in [-0.1, -0.05) is 20.8 Å². The predicted octanol–water partition coefficient (Wildman–Crippen LogP) is 4.93. The van der Waals surface area contributed by atoms with E-state index in [-0.39, 0.29) is 35.3 Å². The summed E-state index contributed by atoms with van der Waals surface area (Å²) >= 11 is 0. The first-order valence-electron chi connectivity index (χ1n) is 11.5. The smallest absolute Gasteiger partial charge is 0.309 e. The number of hydrogen-bond donors (Lipinski definition) is 0. The molecule has 10 heteroatoms. The molecular formula is C26H31F2NO7. The highest BCUT2D eigenvalue weighted by Crippen LogP contribution is 2.31. The molecule has 0 spiro atoms. The molecule has 0 unspecified atom stereocenters. The number of pyridine rings is 1. The Morgan fingerprint density at radius 1 is 1.03 bits per heavy atom. The molecule has 3 atom stereocenters. The van der Waals surface area contributed by atoms with Crippen LogP contribution in [-0.2, 0) is 14.3 Å². The van der Waals surface area contributed by atoms with Gasteiger partial charge in [-0.05, 0) is 31.4 Å². The molecule has 0 aliphatic rings. The van der Waals surface area contributed by atoms with Crippen molar-refractivity contribution < 1.29 is 42.1 Å². The normalized spacial score (nSPS) is 13.5. The molecular weight excluding hydrogens is 476 g/mol. The number of hydrogen-bond acceptors (Lipinski definition) is 8. The van der Waals surface area contributed by atoms with Crippen LogP contribution < -0.4 is 14.2 Å². The largest absolute Gasteiger partial charge is 0.493 e. The minimum absolute atomic E-state index is 0.102. The second kappa shape index (κ2) is 12.9. The topological polar surface area (TPSA) is 101 Å². The van der Waals surface area contributed by atoms with Gasteiger partial charge in [0, 0.05) is 31.7 Å². The molecule has 1 heterocycles. The van der Waals surface area contributed by atoms with Crippen molar-refractivity contribution in [3.63, 3.8) is 0 Å². The number of aromatic nitrogens is 1. The molecule has 0 saturated carbocycles. The highest BCUT2D eigenvalue weighted by atomic mass is 19.1. The number of benzene rings is 1. The Balaban J connectivity index is 2.13. The predicted molar refractivity (Wildman–Crippen MR) is 126 cm³/mol. The van der Waals surface area contributed by atoms with Crippen LogP contribution in [0.5, 0.6) is 17.2 Å². The number of rotatable bonds is 12. The quantitative estimate of drug-likeness (QED) is 0.295. The van der Waals surface area contributed by atoms with Gasteiger partial charge in [-0.25, -0.2) is 13.8 Å². The number of methoxy groups -OCH3 is 1. The van der Waals surface area contributed by atoms with E-state index < -0.39 is 47.5 Å². The van der Waals surface area contributed by atoms with E-state index in [4.69, 9.17) is 18.9 Å².